The summed E-state index contributed by atoms with van der Waals surface area (Å²) in [5.41, 5.74) is 10.8. The molecule has 60 heavy (non-hydrogen) atoms. The Morgan fingerprint density at radius 1 is 0.783 bits per heavy atom. The molecule has 3 aliphatic heterocycles. The smallest absolute Gasteiger partial charge is 0.335 e. The van der Waals surface area contributed by atoms with Crippen LogP contribution in [-0.2, 0) is 50.0 Å². The van der Waals surface area contributed by atoms with E-state index in [-0.39, 0.29) is 42.3 Å². The predicted molar refractivity (Wildman–Crippen MR) is 233 cm³/mol. The first kappa shape index (κ1) is 43.5. The number of nitrogens with one attached hydrogen (secondary N) is 2. The van der Waals surface area contributed by atoms with E-state index in [1.54, 1.807) is 6.08 Å². The minimum Gasteiger partial charge on any atom is -0.466 e. The number of allylic oxidation sites excluding steroid dienone is 7. The molecule has 2 aromatic heterocycles. The van der Waals surface area contributed by atoms with E-state index in [1.807, 2.05) is 65.0 Å². The zero-order valence-corrected chi connectivity index (χ0v) is 36.1. The van der Waals surface area contributed by atoms with Crippen LogP contribution in [0.4, 0.5) is 0 Å². The summed E-state index contributed by atoms with van der Waals surface area (Å²) in [6.07, 6.45) is 8.48. The van der Waals surface area contributed by atoms with Crippen LogP contribution in [0.1, 0.15) is 131 Å². The number of fused-ring (bicyclic) bond motifs is 11. The van der Waals surface area contributed by atoms with Crippen molar-refractivity contribution in [3.05, 3.63) is 99.4 Å². The van der Waals surface area contributed by atoms with Crippen LogP contribution in [0.2, 0.25) is 0 Å². The van der Waals surface area contributed by atoms with Gasteiger partial charge in [0, 0.05) is 40.8 Å². The van der Waals surface area contributed by atoms with Crippen LogP contribution in [0.5, 0.6) is 0 Å². The topological polar surface area (TPSA) is 163 Å². The molecule has 316 valence electrons. The molecule has 8 bridgehead atoms. The van der Waals surface area contributed by atoms with Gasteiger partial charge < -0.3 is 28.9 Å². The molecule has 2 aromatic rings. The molecular weight excluding hydrogens is 761 g/mol. The molecule has 6 rings (SSSR count). The number of hydrogen-bond donors (Lipinski definition) is 2. The number of unbranched alkanes of at least 4 members (excludes halogenated alkanes) is 2. The number of esters is 4. The van der Waals surface area contributed by atoms with E-state index >= 15 is 0 Å². The van der Waals surface area contributed by atoms with Gasteiger partial charge in [-0.2, -0.15) is 0 Å². The van der Waals surface area contributed by atoms with Gasteiger partial charge in [0.25, 0.3) is 0 Å². The van der Waals surface area contributed by atoms with Gasteiger partial charge in [-0.3, -0.25) is 9.59 Å². The average molecular weight is 817 g/mol. The molecule has 4 aliphatic rings. The van der Waals surface area contributed by atoms with Crippen LogP contribution in [0.3, 0.4) is 0 Å². The molecular formula is C48H56N4O8. The summed E-state index contributed by atoms with van der Waals surface area (Å²) in [6, 6.07) is 7.82. The van der Waals surface area contributed by atoms with Gasteiger partial charge >= 0.3 is 23.9 Å². The summed E-state index contributed by atoms with van der Waals surface area (Å²) in [6.45, 7) is 16.9. The van der Waals surface area contributed by atoms with Gasteiger partial charge in [-0.25, -0.2) is 19.6 Å². The maximum Gasteiger partial charge on any atom is 0.335 e. The zero-order chi connectivity index (χ0) is 43.3. The Hall–Kier alpha value is -6.04. The van der Waals surface area contributed by atoms with Crippen molar-refractivity contribution in [1.82, 2.24) is 19.9 Å². The van der Waals surface area contributed by atoms with Crippen molar-refractivity contribution in [3.63, 3.8) is 0 Å². The maximum absolute atomic E-state index is 13.8. The lowest BCUT2D eigenvalue weighted by Crippen LogP contribution is -2.34. The van der Waals surface area contributed by atoms with Gasteiger partial charge in [-0.15, -0.1) is 0 Å². The number of carbonyl (C=O) groups excluding carboxylic acids is 4. The Labute approximate surface area is 351 Å². The molecule has 0 aromatic carbocycles. The quantitative estimate of drug-likeness (QED) is 0.101. The van der Waals surface area contributed by atoms with E-state index in [0.29, 0.717) is 60.2 Å². The number of methoxy groups -OCH3 is 2. The SMILES string of the molecule is C=CC1=C(C)c2cc3[nH]c(cc4nc(cc5[nH]c(cc1n2)C1(C)C5=CCC(C(=O)OC)=C1C(=O)OC)C(C)=C4CCC(=O)OCCCC)c(CCC(=O)OCCCC)c3C. The molecule has 0 spiro atoms. The number of aromatic nitrogens is 4. The van der Waals surface area contributed by atoms with Crippen LogP contribution in [0, 0.1) is 6.92 Å². The number of rotatable bonds is 15. The number of aromatic amines is 2. The Bertz CT molecular complexity index is 2460. The van der Waals surface area contributed by atoms with Crippen molar-refractivity contribution < 1.29 is 38.1 Å². The van der Waals surface area contributed by atoms with Crippen molar-refractivity contribution in [1.29, 1.82) is 0 Å². The second-order valence-corrected chi connectivity index (χ2v) is 15.6. The number of hydrogen-bond acceptors (Lipinski definition) is 10. The number of ether oxygens (including phenoxy) is 4. The first-order chi connectivity index (χ1) is 28.8. The molecule has 0 saturated carbocycles. The van der Waals surface area contributed by atoms with E-state index < -0.39 is 17.4 Å². The second kappa shape index (κ2) is 18.5. The molecule has 1 aliphatic carbocycles. The van der Waals surface area contributed by atoms with Gasteiger partial charge in [0.15, 0.2) is 0 Å². The third-order valence-electron chi connectivity index (χ3n) is 11.9. The molecule has 5 heterocycles. The van der Waals surface area contributed by atoms with Gasteiger partial charge in [0.05, 0.1) is 66.8 Å². The third kappa shape index (κ3) is 8.37. The highest BCUT2D eigenvalue weighted by molar-refractivity contribution is 6.08. The minimum absolute atomic E-state index is 0.139. The lowest BCUT2D eigenvalue weighted by atomic mass is 9.68. The summed E-state index contributed by atoms with van der Waals surface area (Å²) in [5.74, 6) is -1.80. The fourth-order valence-corrected chi connectivity index (χ4v) is 8.37. The van der Waals surface area contributed by atoms with Gasteiger partial charge in [0.2, 0.25) is 0 Å². The fourth-order valence-electron chi connectivity index (χ4n) is 8.37. The molecule has 0 saturated heterocycles. The van der Waals surface area contributed by atoms with Crippen molar-refractivity contribution >= 4 is 62.8 Å². The largest absolute Gasteiger partial charge is 0.466 e. The second-order valence-electron chi connectivity index (χ2n) is 15.6. The normalized spacial score (nSPS) is 16.6. The van der Waals surface area contributed by atoms with E-state index in [0.717, 1.165) is 75.7 Å². The van der Waals surface area contributed by atoms with Crippen LogP contribution >= 0.6 is 0 Å². The molecule has 0 amide bonds. The fraction of sp³-hybridized carbons (Fsp3) is 0.417. The lowest BCUT2D eigenvalue weighted by Gasteiger charge is -2.33. The maximum atomic E-state index is 13.8. The number of H-pyrrole nitrogens is 2. The van der Waals surface area contributed by atoms with E-state index in [1.165, 1.54) is 14.2 Å². The molecule has 1 unspecified atom stereocenters. The highest BCUT2D eigenvalue weighted by Crippen LogP contribution is 2.52. The van der Waals surface area contributed by atoms with Gasteiger partial charge in [-0.1, -0.05) is 45.4 Å². The summed E-state index contributed by atoms with van der Waals surface area (Å²) >= 11 is 0. The Morgan fingerprint density at radius 2 is 1.40 bits per heavy atom. The molecule has 2 N–H and O–H groups in total. The van der Waals surface area contributed by atoms with Gasteiger partial charge in [-0.05, 0) is 117 Å². The minimum atomic E-state index is -1.18. The molecule has 1 atom stereocenters. The first-order valence-electron chi connectivity index (χ1n) is 20.8. The Balaban J connectivity index is 1.65. The van der Waals surface area contributed by atoms with Crippen molar-refractivity contribution in [2.75, 3.05) is 27.4 Å². The molecule has 12 nitrogen and oxygen atoms in total. The lowest BCUT2D eigenvalue weighted by molar-refractivity contribution is -0.144. The molecule has 0 radical (unpaired) electrons. The number of carbonyl (C=O) groups is 4. The monoisotopic (exact) mass is 816 g/mol. The average Bonchev–Trinajstić information content (AvgIpc) is 3.89. The summed E-state index contributed by atoms with van der Waals surface area (Å²) < 4.78 is 21.6. The Morgan fingerprint density at radius 3 is 2.03 bits per heavy atom. The van der Waals surface area contributed by atoms with Crippen molar-refractivity contribution in [2.24, 2.45) is 0 Å². The van der Waals surface area contributed by atoms with Crippen molar-refractivity contribution in [2.45, 2.75) is 105 Å². The highest BCUT2D eigenvalue weighted by atomic mass is 16.5. The van der Waals surface area contributed by atoms with Gasteiger partial charge in [0.1, 0.15) is 0 Å². The summed E-state index contributed by atoms with van der Waals surface area (Å²) in [5, 5.41) is 0. The summed E-state index contributed by atoms with van der Waals surface area (Å²) in [4.78, 5) is 70.4. The van der Waals surface area contributed by atoms with Crippen LogP contribution < -0.4 is 0 Å². The van der Waals surface area contributed by atoms with E-state index in [4.69, 9.17) is 28.9 Å². The first-order valence-corrected chi connectivity index (χ1v) is 20.8. The van der Waals surface area contributed by atoms with Crippen LogP contribution in [-0.4, -0.2) is 71.2 Å². The van der Waals surface area contributed by atoms with E-state index in [9.17, 15) is 19.2 Å². The predicted octanol–water partition coefficient (Wildman–Crippen LogP) is 9.18. The summed E-state index contributed by atoms with van der Waals surface area (Å²) in [7, 11) is 2.59. The Kier molecular flexibility index (Phi) is 13.4. The standard InChI is InChI=1S/C48H56N4O8/c1-10-13-21-59-43(53)19-16-31-28(5)36-23-35-27(4)30(12-3)40(51-35)26-42-48(7)34(18-15-33(46(55)57-8)45(48)47(56)58-9)41(52-42)24-37-29(6)32(39(50-37)25-38(31)49-36)17-20-44(54)60-22-14-11-2/h12,18,23-26,49,52H,3,10-11,13-17,19-22H2,1-2,4-9H3. The van der Waals surface area contributed by atoms with Crippen LogP contribution in [0.25, 0.3) is 38.9 Å². The molecule has 0 fully saturated rings. The van der Waals surface area contributed by atoms with Crippen molar-refractivity contribution in [3.8, 4) is 0 Å². The third-order valence-corrected chi connectivity index (χ3v) is 11.9. The zero-order valence-electron chi connectivity index (χ0n) is 36.1. The van der Waals surface area contributed by atoms with E-state index in [2.05, 4.69) is 23.5 Å². The molecule has 12 heteroatoms. The number of aryl methyl sites for hydroxylation is 2. The van der Waals surface area contributed by atoms with Crippen LogP contribution in [0.15, 0.2) is 54.1 Å². The number of nitrogens with zero attached hydrogens (tertiary/aromatic N) is 2. The highest BCUT2D eigenvalue weighted by Gasteiger charge is 2.49.